The van der Waals surface area contributed by atoms with E-state index in [1.54, 1.807) is 12.1 Å². The lowest BCUT2D eigenvalue weighted by atomic mass is 9.96. The normalized spacial score (nSPS) is 26.9. The Balaban J connectivity index is 1.74. The second kappa shape index (κ2) is 5.59. The van der Waals surface area contributed by atoms with Crippen LogP contribution in [0.4, 0.5) is 5.69 Å². The molecule has 116 valence electrons. The zero-order valence-electron chi connectivity index (χ0n) is 12.3. The van der Waals surface area contributed by atoms with Crippen LogP contribution in [-0.4, -0.2) is 33.6 Å². The Hall–Kier alpha value is -1.11. The largest absolute Gasteiger partial charge is 0.370 e. The predicted molar refractivity (Wildman–Crippen MR) is 83.8 cm³/mol. The fraction of sp³-hybridized carbons (Fsp3) is 0.600. The first-order valence-electron chi connectivity index (χ1n) is 7.57. The van der Waals surface area contributed by atoms with Gasteiger partial charge in [-0.3, -0.25) is 0 Å². The maximum atomic E-state index is 12.1. The third-order valence-corrected chi connectivity index (χ3v) is 5.64. The molecule has 1 aliphatic heterocycles. The van der Waals surface area contributed by atoms with E-state index < -0.39 is 10.0 Å². The van der Waals surface area contributed by atoms with E-state index in [0.717, 1.165) is 38.0 Å². The molecule has 0 amide bonds. The van der Waals surface area contributed by atoms with Crippen molar-refractivity contribution >= 4 is 15.7 Å². The Bertz CT molecular complexity index is 586. The smallest absolute Gasteiger partial charge is 0.240 e. The molecule has 1 saturated carbocycles. The Morgan fingerprint density at radius 3 is 2.43 bits per heavy atom. The van der Waals surface area contributed by atoms with Crippen LogP contribution in [0, 0.1) is 5.92 Å². The van der Waals surface area contributed by atoms with E-state index in [0.29, 0.717) is 10.8 Å². The number of nitrogens with zero attached hydrogens (tertiary/aromatic N) is 1. The summed E-state index contributed by atoms with van der Waals surface area (Å²) in [6.07, 6.45) is 2.94. The summed E-state index contributed by atoms with van der Waals surface area (Å²) in [7, 11) is -3.36. The van der Waals surface area contributed by atoms with Gasteiger partial charge >= 0.3 is 0 Å². The molecule has 3 rings (SSSR count). The number of sulfonamides is 1. The molecular weight excluding hydrogens is 286 g/mol. The van der Waals surface area contributed by atoms with Crippen molar-refractivity contribution in [3.05, 3.63) is 24.3 Å². The molecule has 2 unspecified atom stereocenters. The van der Waals surface area contributed by atoms with E-state index in [2.05, 4.69) is 16.5 Å². The highest BCUT2D eigenvalue weighted by molar-refractivity contribution is 7.89. The Morgan fingerprint density at radius 1 is 1.19 bits per heavy atom. The Morgan fingerprint density at radius 2 is 1.86 bits per heavy atom. The van der Waals surface area contributed by atoms with Crippen molar-refractivity contribution in [1.82, 2.24) is 4.72 Å². The summed E-state index contributed by atoms with van der Waals surface area (Å²) in [5, 5.41) is 0. The lowest BCUT2D eigenvalue weighted by Gasteiger charge is -2.36. The van der Waals surface area contributed by atoms with Gasteiger partial charge in [-0.05, 0) is 49.4 Å². The van der Waals surface area contributed by atoms with Gasteiger partial charge in [-0.1, -0.05) is 6.92 Å². The van der Waals surface area contributed by atoms with Gasteiger partial charge < -0.3 is 10.6 Å². The van der Waals surface area contributed by atoms with Crippen LogP contribution in [0.2, 0.25) is 0 Å². The monoisotopic (exact) mass is 309 g/mol. The van der Waals surface area contributed by atoms with Crippen molar-refractivity contribution in [2.75, 3.05) is 18.0 Å². The van der Waals surface area contributed by atoms with Gasteiger partial charge in [-0.15, -0.1) is 0 Å². The Labute approximate surface area is 126 Å². The number of hydrogen-bond donors (Lipinski definition) is 2. The van der Waals surface area contributed by atoms with Gasteiger partial charge in [-0.25, -0.2) is 13.1 Å². The van der Waals surface area contributed by atoms with Crippen LogP contribution in [0.3, 0.4) is 0 Å². The van der Waals surface area contributed by atoms with Crippen molar-refractivity contribution < 1.29 is 8.42 Å². The van der Waals surface area contributed by atoms with Crippen LogP contribution < -0.4 is 15.4 Å². The fourth-order valence-corrected chi connectivity index (χ4v) is 4.24. The zero-order chi connectivity index (χ0) is 15.0. The summed E-state index contributed by atoms with van der Waals surface area (Å²) >= 11 is 0. The van der Waals surface area contributed by atoms with Crippen molar-refractivity contribution in [1.29, 1.82) is 0 Å². The molecule has 0 aromatic heterocycles. The minimum Gasteiger partial charge on any atom is -0.370 e. The van der Waals surface area contributed by atoms with Crippen LogP contribution in [0.5, 0.6) is 0 Å². The molecular formula is C15H23N3O2S. The van der Waals surface area contributed by atoms with Crippen molar-refractivity contribution in [3.8, 4) is 0 Å². The van der Waals surface area contributed by atoms with Gasteiger partial charge in [0.2, 0.25) is 10.0 Å². The second-order valence-electron chi connectivity index (χ2n) is 6.40. The summed E-state index contributed by atoms with van der Waals surface area (Å²) in [5.41, 5.74) is 7.11. The first-order chi connectivity index (χ1) is 9.94. The van der Waals surface area contributed by atoms with E-state index in [1.165, 1.54) is 0 Å². The molecule has 0 bridgehead atoms. The molecule has 2 atom stereocenters. The minimum absolute atomic E-state index is 0.135. The third-order valence-electron chi connectivity index (χ3n) is 4.10. The summed E-state index contributed by atoms with van der Waals surface area (Å²) in [5.74, 6) is 0.564. The van der Waals surface area contributed by atoms with Crippen LogP contribution in [0.1, 0.15) is 26.2 Å². The summed E-state index contributed by atoms with van der Waals surface area (Å²) < 4.78 is 27.0. The fourth-order valence-electron chi connectivity index (χ4n) is 2.94. The molecule has 5 nitrogen and oxygen atoms in total. The number of nitrogens with two attached hydrogens (primary N) is 1. The molecule has 1 aliphatic carbocycles. The molecule has 1 heterocycles. The van der Waals surface area contributed by atoms with Gasteiger partial charge in [0.1, 0.15) is 0 Å². The van der Waals surface area contributed by atoms with Crippen molar-refractivity contribution in [3.63, 3.8) is 0 Å². The molecule has 2 fully saturated rings. The summed E-state index contributed by atoms with van der Waals surface area (Å²) in [6.45, 7) is 4.00. The van der Waals surface area contributed by atoms with Gasteiger partial charge in [0, 0.05) is 30.9 Å². The maximum absolute atomic E-state index is 12.1. The first kappa shape index (κ1) is 14.8. The number of rotatable bonds is 4. The Kier molecular flexibility index (Phi) is 3.94. The second-order valence-corrected chi connectivity index (χ2v) is 8.11. The van der Waals surface area contributed by atoms with E-state index in [-0.39, 0.29) is 12.1 Å². The maximum Gasteiger partial charge on any atom is 0.240 e. The van der Waals surface area contributed by atoms with Crippen LogP contribution in [0.25, 0.3) is 0 Å². The molecule has 21 heavy (non-hydrogen) atoms. The van der Waals surface area contributed by atoms with Crippen LogP contribution in [0.15, 0.2) is 29.2 Å². The molecule has 0 radical (unpaired) electrons. The molecule has 1 aromatic rings. The average molecular weight is 309 g/mol. The number of piperidine rings is 1. The summed E-state index contributed by atoms with van der Waals surface area (Å²) in [4.78, 5) is 2.58. The number of anilines is 1. The van der Waals surface area contributed by atoms with E-state index >= 15 is 0 Å². The van der Waals surface area contributed by atoms with Crippen molar-refractivity contribution in [2.45, 2.75) is 43.2 Å². The third kappa shape index (κ3) is 3.56. The molecule has 1 saturated heterocycles. The van der Waals surface area contributed by atoms with Gasteiger partial charge in [0.05, 0.1) is 4.90 Å². The molecule has 2 aliphatic rings. The quantitative estimate of drug-likeness (QED) is 0.879. The average Bonchev–Trinajstić information content (AvgIpc) is 3.21. The van der Waals surface area contributed by atoms with Crippen LogP contribution >= 0.6 is 0 Å². The molecule has 0 spiro atoms. The number of benzene rings is 1. The van der Waals surface area contributed by atoms with Gasteiger partial charge in [-0.2, -0.15) is 0 Å². The molecule has 1 aromatic carbocycles. The number of nitrogens with one attached hydrogen (secondary N) is 1. The van der Waals surface area contributed by atoms with E-state index in [4.69, 9.17) is 5.73 Å². The van der Waals surface area contributed by atoms with Crippen LogP contribution in [-0.2, 0) is 10.0 Å². The highest BCUT2D eigenvalue weighted by Gasteiger charge is 2.28. The van der Waals surface area contributed by atoms with E-state index in [1.807, 2.05) is 12.1 Å². The molecule has 6 heteroatoms. The highest BCUT2D eigenvalue weighted by atomic mass is 32.2. The van der Waals surface area contributed by atoms with E-state index in [9.17, 15) is 8.42 Å². The molecule has 3 N–H and O–H groups in total. The standard InChI is InChI=1S/C15H23N3O2S/c1-11-8-12(16)10-18(9-11)14-4-6-15(7-5-14)21(19,20)17-13-2-3-13/h4-7,11-13,17H,2-3,8-10,16H2,1H3. The minimum atomic E-state index is -3.36. The van der Waals surface area contributed by atoms with Gasteiger partial charge in [0.15, 0.2) is 0 Å². The van der Waals surface area contributed by atoms with Gasteiger partial charge in [0.25, 0.3) is 0 Å². The zero-order valence-corrected chi connectivity index (χ0v) is 13.1. The summed E-state index contributed by atoms with van der Waals surface area (Å²) in [6, 6.07) is 7.46. The first-order valence-corrected chi connectivity index (χ1v) is 9.05. The lowest BCUT2D eigenvalue weighted by molar-refractivity contribution is 0.401. The SMILES string of the molecule is CC1CC(N)CN(c2ccc(S(=O)(=O)NC3CC3)cc2)C1. The topological polar surface area (TPSA) is 75.4 Å². The lowest BCUT2D eigenvalue weighted by Crippen LogP contribution is -2.46. The van der Waals surface area contributed by atoms with Crippen molar-refractivity contribution in [2.24, 2.45) is 11.7 Å². The predicted octanol–water partition coefficient (Wildman–Crippen LogP) is 1.30. The number of hydrogen-bond acceptors (Lipinski definition) is 4. The highest BCUT2D eigenvalue weighted by Crippen LogP contribution is 2.25.